The van der Waals surface area contributed by atoms with E-state index in [-0.39, 0.29) is 13.2 Å². The first kappa shape index (κ1) is 15.3. The molecule has 0 spiro atoms. The Morgan fingerprint density at radius 1 is 1.06 bits per heavy atom. The lowest BCUT2D eigenvalue weighted by Gasteiger charge is -2.13. The second-order valence-corrected chi connectivity index (χ2v) is 4.44. The highest BCUT2D eigenvalue weighted by molar-refractivity contribution is 7.99. The largest absolute Gasteiger partial charge is 0.465 e. The monoisotopic (exact) mass is 248 g/mol. The van der Waals surface area contributed by atoms with Crippen LogP contribution in [0.5, 0.6) is 0 Å². The minimum atomic E-state index is -0.765. The second-order valence-electron chi connectivity index (χ2n) is 3.04. The fourth-order valence-corrected chi connectivity index (χ4v) is 1.85. The van der Waals surface area contributed by atoms with E-state index < -0.39 is 17.9 Å². The molecule has 4 nitrogen and oxygen atoms in total. The molecule has 0 amide bonds. The normalized spacial score (nSPS) is 10.2. The first-order valence-electron chi connectivity index (χ1n) is 5.58. The molecule has 5 heteroatoms. The molecule has 0 heterocycles. The number of thioether (sulfide) groups is 1. The molecule has 0 aliphatic rings. The van der Waals surface area contributed by atoms with Gasteiger partial charge in [-0.15, -0.1) is 0 Å². The third-order valence-corrected chi connectivity index (χ3v) is 2.83. The van der Waals surface area contributed by atoms with Gasteiger partial charge in [0.2, 0.25) is 0 Å². The lowest BCUT2D eigenvalue weighted by molar-refractivity contribution is -0.161. The molecule has 0 aromatic carbocycles. The summed E-state index contributed by atoms with van der Waals surface area (Å²) in [5.74, 6) is 0.0196. The van der Waals surface area contributed by atoms with E-state index in [0.717, 1.165) is 11.5 Å². The Hall–Kier alpha value is -0.710. The van der Waals surface area contributed by atoms with Crippen LogP contribution in [-0.2, 0) is 19.1 Å². The lowest BCUT2D eigenvalue weighted by atomic mass is 10.1. The van der Waals surface area contributed by atoms with E-state index in [0.29, 0.717) is 6.42 Å². The van der Waals surface area contributed by atoms with Crippen molar-refractivity contribution in [1.82, 2.24) is 0 Å². The molecule has 0 fully saturated rings. The molecule has 0 aliphatic carbocycles. The van der Waals surface area contributed by atoms with Crippen LogP contribution in [0, 0.1) is 5.92 Å². The van der Waals surface area contributed by atoms with Crippen LogP contribution in [0.15, 0.2) is 0 Å². The molecule has 0 aromatic rings. The van der Waals surface area contributed by atoms with E-state index in [9.17, 15) is 9.59 Å². The third kappa shape index (κ3) is 6.00. The number of ether oxygens (including phenoxy) is 2. The van der Waals surface area contributed by atoms with Crippen molar-refractivity contribution in [2.24, 2.45) is 5.92 Å². The summed E-state index contributed by atoms with van der Waals surface area (Å²) in [5.41, 5.74) is 0. The van der Waals surface area contributed by atoms with E-state index in [1.165, 1.54) is 0 Å². The van der Waals surface area contributed by atoms with Gasteiger partial charge in [-0.2, -0.15) is 11.8 Å². The SMILES string of the molecule is CCOC(=O)C(CCSCC)C(=O)OCC. The van der Waals surface area contributed by atoms with Crippen molar-refractivity contribution >= 4 is 23.7 Å². The van der Waals surface area contributed by atoms with Crippen molar-refractivity contribution in [2.45, 2.75) is 27.2 Å². The van der Waals surface area contributed by atoms with Crippen LogP contribution in [0.3, 0.4) is 0 Å². The first-order valence-corrected chi connectivity index (χ1v) is 6.73. The smallest absolute Gasteiger partial charge is 0.320 e. The minimum absolute atomic E-state index is 0.287. The van der Waals surface area contributed by atoms with Gasteiger partial charge in [0.1, 0.15) is 0 Å². The maximum Gasteiger partial charge on any atom is 0.320 e. The van der Waals surface area contributed by atoms with Crippen molar-refractivity contribution in [3.05, 3.63) is 0 Å². The molecular weight excluding hydrogens is 228 g/mol. The summed E-state index contributed by atoms with van der Waals surface area (Å²) in [6.07, 6.45) is 0.482. The predicted molar refractivity (Wildman–Crippen MR) is 64.4 cm³/mol. The van der Waals surface area contributed by atoms with Gasteiger partial charge >= 0.3 is 11.9 Å². The average Bonchev–Trinajstić information content (AvgIpc) is 2.25. The topological polar surface area (TPSA) is 52.6 Å². The molecule has 0 N–H and O–H groups in total. The summed E-state index contributed by atoms with van der Waals surface area (Å²) in [6.45, 7) is 6.06. The van der Waals surface area contributed by atoms with E-state index in [1.54, 1.807) is 25.6 Å². The van der Waals surface area contributed by atoms with Crippen molar-refractivity contribution in [1.29, 1.82) is 0 Å². The fraction of sp³-hybridized carbons (Fsp3) is 0.818. The maximum absolute atomic E-state index is 11.5. The van der Waals surface area contributed by atoms with Gasteiger partial charge in [0.05, 0.1) is 13.2 Å². The molecule has 0 unspecified atom stereocenters. The highest BCUT2D eigenvalue weighted by atomic mass is 32.2. The highest BCUT2D eigenvalue weighted by Gasteiger charge is 2.28. The summed E-state index contributed by atoms with van der Waals surface area (Å²) in [6, 6.07) is 0. The molecule has 0 atom stereocenters. The average molecular weight is 248 g/mol. The molecule has 0 radical (unpaired) electrons. The fourth-order valence-electron chi connectivity index (χ4n) is 1.16. The molecular formula is C11H20O4S. The number of esters is 2. The molecule has 0 aromatic heterocycles. The minimum Gasteiger partial charge on any atom is -0.465 e. The van der Waals surface area contributed by atoms with Crippen LogP contribution < -0.4 is 0 Å². The Labute approximate surface area is 101 Å². The first-order chi connectivity index (χ1) is 7.67. The van der Waals surface area contributed by atoms with Crippen molar-refractivity contribution < 1.29 is 19.1 Å². The Bertz CT molecular complexity index is 200. The van der Waals surface area contributed by atoms with Crippen LogP contribution in [-0.4, -0.2) is 36.7 Å². The van der Waals surface area contributed by atoms with E-state index in [1.807, 2.05) is 6.92 Å². The maximum atomic E-state index is 11.5. The van der Waals surface area contributed by atoms with Gasteiger partial charge < -0.3 is 9.47 Å². The Morgan fingerprint density at radius 3 is 1.94 bits per heavy atom. The number of rotatable bonds is 8. The van der Waals surface area contributed by atoms with Crippen LogP contribution >= 0.6 is 11.8 Å². The van der Waals surface area contributed by atoms with Gasteiger partial charge in [-0.05, 0) is 31.8 Å². The number of hydrogen-bond acceptors (Lipinski definition) is 5. The molecule has 0 saturated heterocycles. The molecule has 16 heavy (non-hydrogen) atoms. The molecule has 0 rings (SSSR count). The van der Waals surface area contributed by atoms with E-state index in [2.05, 4.69) is 0 Å². The molecule has 0 bridgehead atoms. The summed E-state index contributed by atoms with van der Waals surface area (Å²) in [5, 5.41) is 0. The van der Waals surface area contributed by atoms with Crippen molar-refractivity contribution in [3.8, 4) is 0 Å². The van der Waals surface area contributed by atoms with Gasteiger partial charge in [-0.25, -0.2) is 0 Å². The lowest BCUT2D eigenvalue weighted by Crippen LogP contribution is -2.28. The molecule has 94 valence electrons. The zero-order valence-electron chi connectivity index (χ0n) is 10.2. The molecule has 0 aliphatic heterocycles. The Kier molecular flexibility index (Phi) is 9.09. The van der Waals surface area contributed by atoms with Gasteiger partial charge in [-0.3, -0.25) is 9.59 Å². The second kappa shape index (κ2) is 9.51. The van der Waals surface area contributed by atoms with Crippen molar-refractivity contribution in [2.75, 3.05) is 24.7 Å². The summed E-state index contributed by atoms with van der Waals surface area (Å²) < 4.78 is 9.71. The van der Waals surface area contributed by atoms with E-state index >= 15 is 0 Å². The van der Waals surface area contributed by atoms with Crippen LogP contribution in [0.4, 0.5) is 0 Å². The predicted octanol–water partition coefficient (Wildman–Crippen LogP) is 1.87. The highest BCUT2D eigenvalue weighted by Crippen LogP contribution is 2.13. The van der Waals surface area contributed by atoms with Gasteiger partial charge in [-0.1, -0.05) is 6.92 Å². The zero-order valence-corrected chi connectivity index (χ0v) is 11.0. The van der Waals surface area contributed by atoms with Crippen LogP contribution in [0.1, 0.15) is 27.2 Å². The summed E-state index contributed by atoms with van der Waals surface area (Å²) in [7, 11) is 0. The quantitative estimate of drug-likeness (QED) is 0.373. The summed E-state index contributed by atoms with van der Waals surface area (Å²) in [4.78, 5) is 23.0. The molecule has 0 saturated carbocycles. The Morgan fingerprint density at radius 2 is 1.56 bits per heavy atom. The van der Waals surface area contributed by atoms with Gasteiger partial charge in [0.25, 0.3) is 0 Å². The zero-order chi connectivity index (χ0) is 12.4. The number of carbonyl (C=O) groups excluding carboxylic acids is 2. The number of hydrogen-bond donors (Lipinski definition) is 0. The van der Waals surface area contributed by atoms with Crippen LogP contribution in [0.25, 0.3) is 0 Å². The van der Waals surface area contributed by atoms with E-state index in [4.69, 9.17) is 9.47 Å². The van der Waals surface area contributed by atoms with Crippen molar-refractivity contribution in [3.63, 3.8) is 0 Å². The van der Waals surface area contributed by atoms with Crippen LogP contribution in [0.2, 0.25) is 0 Å². The Balaban J connectivity index is 4.25. The van der Waals surface area contributed by atoms with Gasteiger partial charge in [0, 0.05) is 0 Å². The number of carbonyl (C=O) groups is 2. The third-order valence-electron chi connectivity index (χ3n) is 1.90. The summed E-state index contributed by atoms with van der Waals surface area (Å²) >= 11 is 1.69. The van der Waals surface area contributed by atoms with Gasteiger partial charge in [0.15, 0.2) is 5.92 Å². The standard InChI is InChI=1S/C11H20O4S/c1-4-14-10(12)9(7-8-16-6-3)11(13)15-5-2/h9H,4-8H2,1-3H3.